The summed E-state index contributed by atoms with van der Waals surface area (Å²) < 4.78 is 0. The summed E-state index contributed by atoms with van der Waals surface area (Å²) in [5, 5.41) is 9.37. The van der Waals surface area contributed by atoms with Crippen LogP contribution in [0.1, 0.15) is 91.4 Å². The van der Waals surface area contributed by atoms with E-state index in [0.717, 1.165) is 19.3 Å². The van der Waals surface area contributed by atoms with Crippen molar-refractivity contribution in [3.63, 3.8) is 0 Å². The van der Waals surface area contributed by atoms with E-state index in [2.05, 4.69) is 20.8 Å². The van der Waals surface area contributed by atoms with E-state index in [9.17, 15) is 9.90 Å². The molecule has 2 unspecified atom stereocenters. The Morgan fingerprint density at radius 1 is 0.842 bits per heavy atom. The van der Waals surface area contributed by atoms with Crippen LogP contribution in [-0.4, -0.2) is 11.1 Å². The molecule has 0 aromatic rings. The lowest BCUT2D eigenvalue weighted by Gasteiger charge is -2.20. The van der Waals surface area contributed by atoms with Gasteiger partial charge in [0.15, 0.2) is 0 Å². The largest absolute Gasteiger partial charge is 0.481 e. The zero-order valence-corrected chi connectivity index (χ0v) is 13.3. The van der Waals surface area contributed by atoms with Crippen LogP contribution in [0.3, 0.4) is 0 Å². The van der Waals surface area contributed by atoms with Gasteiger partial charge in [0.25, 0.3) is 0 Å². The SMILES string of the molecule is CCCCCCC(CC(CCC)CCCC)C(=O)O. The van der Waals surface area contributed by atoms with Gasteiger partial charge in [-0.2, -0.15) is 0 Å². The Hall–Kier alpha value is -0.530. The average molecular weight is 270 g/mol. The molecule has 0 amide bonds. The molecule has 114 valence electrons. The van der Waals surface area contributed by atoms with Crippen LogP contribution in [0.2, 0.25) is 0 Å². The molecule has 0 bridgehead atoms. The highest BCUT2D eigenvalue weighted by Crippen LogP contribution is 2.26. The molecule has 0 fully saturated rings. The molecule has 19 heavy (non-hydrogen) atoms. The second kappa shape index (κ2) is 12.5. The third kappa shape index (κ3) is 9.98. The van der Waals surface area contributed by atoms with E-state index in [1.54, 1.807) is 0 Å². The predicted molar refractivity (Wildman–Crippen MR) is 82.4 cm³/mol. The first kappa shape index (κ1) is 18.5. The molecule has 0 spiro atoms. The van der Waals surface area contributed by atoms with Crippen LogP contribution in [0.25, 0.3) is 0 Å². The third-order valence-corrected chi connectivity index (χ3v) is 4.04. The van der Waals surface area contributed by atoms with Gasteiger partial charge in [-0.15, -0.1) is 0 Å². The lowest BCUT2D eigenvalue weighted by atomic mass is 9.85. The maximum absolute atomic E-state index is 11.4. The van der Waals surface area contributed by atoms with Crippen molar-refractivity contribution in [2.75, 3.05) is 0 Å². The highest BCUT2D eigenvalue weighted by molar-refractivity contribution is 5.69. The number of rotatable bonds is 13. The fourth-order valence-corrected chi connectivity index (χ4v) is 2.84. The molecule has 0 aromatic heterocycles. The fourth-order valence-electron chi connectivity index (χ4n) is 2.84. The molecular weight excluding hydrogens is 236 g/mol. The van der Waals surface area contributed by atoms with Gasteiger partial charge in [-0.05, 0) is 18.8 Å². The number of carboxylic acid groups (broad SMARTS) is 1. The van der Waals surface area contributed by atoms with E-state index in [1.165, 1.54) is 51.4 Å². The summed E-state index contributed by atoms with van der Waals surface area (Å²) >= 11 is 0. The minimum atomic E-state index is -0.575. The van der Waals surface area contributed by atoms with Crippen LogP contribution in [0.4, 0.5) is 0 Å². The van der Waals surface area contributed by atoms with Gasteiger partial charge in [-0.1, -0.05) is 78.6 Å². The van der Waals surface area contributed by atoms with Gasteiger partial charge in [0, 0.05) is 0 Å². The van der Waals surface area contributed by atoms with Crippen molar-refractivity contribution < 1.29 is 9.90 Å². The number of unbranched alkanes of at least 4 members (excludes halogenated alkanes) is 4. The standard InChI is InChI=1S/C17H34O2/c1-4-7-9-10-13-16(17(18)19)14-15(11-6-3)12-8-5-2/h15-16H,4-14H2,1-3H3,(H,18,19). The third-order valence-electron chi connectivity index (χ3n) is 4.04. The Kier molecular flexibility index (Phi) is 12.2. The Labute approximate surface area is 120 Å². The van der Waals surface area contributed by atoms with Crippen molar-refractivity contribution in [3.8, 4) is 0 Å². The minimum Gasteiger partial charge on any atom is -0.481 e. The molecule has 1 N–H and O–H groups in total. The van der Waals surface area contributed by atoms with Crippen LogP contribution in [0.5, 0.6) is 0 Å². The minimum absolute atomic E-state index is 0.106. The molecule has 0 radical (unpaired) electrons. The predicted octanol–water partition coefficient (Wildman–Crippen LogP) is 5.65. The van der Waals surface area contributed by atoms with Gasteiger partial charge in [-0.3, -0.25) is 4.79 Å². The van der Waals surface area contributed by atoms with Gasteiger partial charge in [0.2, 0.25) is 0 Å². The van der Waals surface area contributed by atoms with Crippen LogP contribution in [0, 0.1) is 11.8 Å². The zero-order valence-electron chi connectivity index (χ0n) is 13.3. The fraction of sp³-hybridized carbons (Fsp3) is 0.941. The van der Waals surface area contributed by atoms with Crippen molar-refractivity contribution >= 4 is 5.97 Å². The Morgan fingerprint density at radius 3 is 2.05 bits per heavy atom. The Bertz CT molecular complexity index is 213. The van der Waals surface area contributed by atoms with Crippen LogP contribution in [0.15, 0.2) is 0 Å². The monoisotopic (exact) mass is 270 g/mol. The lowest BCUT2D eigenvalue weighted by Crippen LogP contribution is -2.18. The molecular formula is C17H34O2. The van der Waals surface area contributed by atoms with E-state index >= 15 is 0 Å². The van der Waals surface area contributed by atoms with Crippen molar-refractivity contribution in [3.05, 3.63) is 0 Å². The molecule has 2 nitrogen and oxygen atoms in total. The number of hydrogen-bond donors (Lipinski definition) is 1. The molecule has 0 saturated carbocycles. The molecule has 2 atom stereocenters. The number of carbonyl (C=O) groups is 1. The Morgan fingerprint density at radius 2 is 1.53 bits per heavy atom. The molecule has 2 heteroatoms. The van der Waals surface area contributed by atoms with Crippen molar-refractivity contribution in [2.24, 2.45) is 11.8 Å². The second-order valence-electron chi connectivity index (χ2n) is 5.92. The molecule has 0 aliphatic heterocycles. The normalized spacial score (nSPS) is 14.3. The molecule has 0 aliphatic rings. The van der Waals surface area contributed by atoms with Crippen molar-refractivity contribution in [2.45, 2.75) is 91.4 Å². The van der Waals surface area contributed by atoms with Crippen LogP contribution >= 0.6 is 0 Å². The summed E-state index contributed by atoms with van der Waals surface area (Å²) in [6, 6.07) is 0. The van der Waals surface area contributed by atoms with Gasteiger partial charge in [0.05, 0.1) is 5.92 Å². The molecule has 0 saturated heterocycles. The van der Waals surface area contributed by atoms with E-state index in [4.69, 9.17) is 0 Å². The van der Waals surface area contributed by atoms with E-state index < -0.39 is 5.97 Å². The number of carboxylic acids is 1. The summed E-state index contributed by atoms with van der Waals surface area (Å²) in [6.45, 7) is 6.61. The van der Waals surface area contributed by atoms with Crippen LogP contribution < -0.4 is 0 Å². The molecule has 0 aromatic carbocycles. The average Bonchev–Trinajstić information content (AvgIpc) is 2.39. The summed E-state index contributed by atoms with van der Waals surface area (Å²) in [7, 11) is 0. The van der Waals surface area contributed by atoms with Crippen LogP contribution in [-0.2, 0) is 4.79 Å². The van der Waals surface area contributed by atoms with Gasteiger partial charge < -0.3 is 5.11 Å². The summed E-state index contributed by atoms with van der Waals surface area (Å²) in [5.74, 6) is -0.0587. The zero-order chi connectivity index (χ0) is 14.5. The first-order valence-corrected chi connectivity index (χ1v) is 8.38. The summed E-state index contributed by atoms with van der Waals surface area (Å²) in [5.41, 5.74) is 0. The Balaban J connectivity index is 4.14. The first-order valence-electron chi connectivity index (χ1n) is 8.38. The summed E-state index contributed by atoms with van der Waals surface area (Å²) in [4.78, 5) is 11.4. The lowest BCUT2D eigenvalue weighted by molar-refractivity contribution is -0.142. The van der Waals surface area contributed by atoms with Gasteiger partial charge >= 0.3 is 5.97 Å². The first-order chi connectivity index (χ1) is 9.15. The highest BCUT2D eigenvalue weighted by atomic mass is 16.4. The van der Waals surface area contributed by atoms with Gasteiger partial charge in [0.1, 0.15) is 0 Å². The maximum Gasteiger partial charge on any atom is 0.306 e. The second-order valence-corrected chi connectivity index (χ2v) is 5.92. The quantitative estimate of drug-likeness (QED) is 0.439. The van der Waals surface area contributed by atoms with E-state index in [-0.39, 0.29) is 5.92 Å². The van der Waals surface area contributed by atoms with Crippen molar-refractivity contribution in [1.82, 2.24) is 0 Å². The van der Waals surface area contributed by atoms with Gasteiger partial charge in [-0.25, -0.2) is 0 Å². The number of hydrogen-bond acceptors (Lipinski definition) is 1. The van der Waals surface area contributed by atoms with E-state index in [0.29, 0.717) is 5.92 Å². The maximum atomic E-state index is 11.4. The highest BCUT2D eigenvalue weighted by Gasteiger charge is 2.21. The van der Waals surface area contributed by atoms with Crippen molar-refractivity contribution in [1.29, 1.82) is 0 Å². The topological polar surface area (TPSA) is 37.3 Å². The molecule has 0 heterocycles. The molecule has 0 aliphatic carbocycles. The number of aliphatic carboxylic acids is 1. The smallest absolute Gasteiger partial charge is 0.306 e. The van der Waals surface area contributed by atoms with E-state index in [1.807, 2.05) is 0 Å². The molecule has 0 rings (SSSR count). The summed E-state index contributed by atoms with van der Waals surface area (Å²) in [6.07, 6.45) is 12.5.